The van der Waals surface area contributed by atoms with Crippen LogP contribution < -0.4 is 5.32 Å². The minimum absolute atomic E-state index is 0.0302. The number of nitrogens with one attached hydrogen (secondary N) is 1. The Hall–Kier alpha value is -3.05. The fourth-order valence-corrected chi connectivity index (χ4v) is 9.00. The lowest BCUT2D eigenvalue weighted by molar-refractivity contribution is -0.215. The number of ketones is 2. The van der Waals surface area contributed by atoms with E-state index in [1.807, 2.05) is 19.9 Å². The first-order valence-electron chi connectivity index (χ1n) is 16.5. The van der Waals surface area contributed by atoms with Crippen LogP contribution in [0.25, 0.3) is 0 Å². The largest absolute Gasteiger partial charge is 0.450 e. The molecule has 0 heterocycles. The van der Waals surface area contributed by atoms with Gasteiger partial charge in [-0.15, -0.1) is 0 Å². The summed E-state index contributed by atoms with van der Waals surface area (Å²) in [7, 11) is 0. The standard InChI is InChI=1S/C35H51NO10/c1-10-25(39)45-35(28(40)30(42)44-29(41)27(18(2)3)36-31(43)46-32(5,6)7)14-12-22-21-15-19(4)23-16-20(37)11-13-33(23,8)26(21)24(38)17-34(22,35)9/h11,13,16,18-19,21-22,24,26-27,30,38,42H,10,12,14-15,17H2,1-9H3,(H,36,43)/t19-,21?,22?,24-,26?,27-,30?,33-,34-,35-/m0/s1. The Labute approximate surface area is 271 Å². The second kappa shape index (κ2) is 12.5. The summed E-state index contributed by atoms with van der Waals surface area (Å²) in [6, 6.07) is -1.24. The highest BCUT2D eigenvalue weighted by atomic mass is 16.6. The summed E-state index contributed by atoms with van der Waals surface area (Å²) in [6.45, 7) is 15.9. The SMILES string of the molecule is CCC(=O)O[C@]1(C(=O)C(O)OC(=O)[C@@H](NC(=O)OC(C)(C)C)C(C)C)CCC2C3C[C@H](C)C4=CC(=O)C=C[C@]4(C)C3[C@@H](O)C[C@@]21C. The number of aliphatic hydroxyl groups is 2. The van der Waals surface area contributed by atoms with Gasteiger partial charge in [-0.3, -0.25) is 14.4 Å². The molecule has 3 N–H and O–H groups in total. The lowest BCUT2D eigenvalue weighted by atomic mass is 9.44. The van der Waals surface area contributed by atoms with Crippen molar-refractivity contribution in [3.05, 3.63) is 23.8 Å². The third-order valence-electron chi connectivity index (χ3n) is 11.0. The maximum absolute atomic E-state index is 14.3. The van der Waals surface area contributed by atoms with Crippen molar-refractivity contribution in [2.45, 2.75) is 124 Å². The van der Waals surface area contributed by atoms with Crippen molar-refractivity contribution in [2.75, 3.05) is 0 Å². The monoisotopic (exact) mass is 645 g/mol. The number of carbonyl (C=O) groups is 5. The van der Waals surface area contributed by atoms with E-state index in [-0.39, 0.29) is 48.7 Å². The van der Waals surface area contributed by atoms with Crippen molar-refractivity contribution < 1.29 is 48.4 Å². The van der Waals surface area contributed by atoms with Gasteiger partial charge in [-0.2, -0.15) is 0 Å². The Morgan fingerprint density at radius 3 is 2.39 bits per heavy atom. The van der Waals surface area contributed by atoms with Crippen LogP contribution >= 0.6 is 0 Å². The molecule has 46 heavy (non-hydrogen) atoms. The normalized spacial score (nSPS) is 36.4. The average molecular weight is 646 g/mol. The van der Waals surface area contributed by atoms with E-state index in [0.717, 1.165) is 5.57 Å². The Balaban J connectivity index is 1.65. The van der Waals surface area contributed by atoms with Crippen molar-refractivity contribution in [2.24, 2.45) is 40.4 Å². The molecule has 3 saturated carbocycles. The zero-order chi connectivity index (χ0) is 34.6. The summed E-state index contributed by atoms with van der Waals surface area (Å²) in [5.74, 6) is -3.69. The number of hydrogen-bond acceptors (Lipinski definition) is 10. The summed E-state index contributed by atoms with van der Waals surface area (Å²) in [5, 5.41) is 25.5. The second-order valence-corrected chi connectivity index (χ2v) is 15.5. The minimum Gasteiger partial charge on any atom is -0.450 e. The van der Waals surface area contributed by atoms with Crippen molar-refractivity contribution in [3.63, 3.8) is 0 Å². The Bertz CT molecular complexity index is 1330. The molecule has 4 unspecified atom stereocenters. The number of hydrogen-bond donors (Lipinski definition) is 3. The van der Waals surface area contributed by atoms with Crippen LogP contribution in [0.15, 0.2) is 23.8 Å². The first-order valence-corrected chi connectivity index (χ1v) is 16.5. The van der Waals surface area contributed by atoms with Gasteiger partial charge in [0.05, 0.1) is 6.10 Å². The van der Waals surface area contributed by atoms with Crippen LogP contribution in [0.5, 0.6) is 0 Å². The molecule has 0 saturated heterocycles. The molecular formula is C35H51NO10. The number of amides is 1. The van der Waals surface area contributed by atoms with Crippen molar-refractivity contribution in [3.8, 4) is 0 Å². The predicted molar refractivity (Wildman–Crippen MR) is 167 cm³/mol. The second-order valence-electron chi connectivity index (χ2n) is 15.5. The van der Waals surface area contributed by atoms with Crippen molar-refractivity contribution >= 4 is 29.6 Å². The van der Waals surface area contributed by atoms with Gasteiger partial charge in [0.25, 0.3) is 6.29 Å². The molecule has 11 heteroatoms. The number of Topliss-reactive ketones (excluding diaryl/α,β-unsaturated/α-hetero) is 1. The van der Waals surface area contributed by atoms with Crippen LogP contribution in [-0.2, 0) is 33.4 Å². The third-order valence-corrected chi connectivity index (χ3v) is 11.0. The van der Waals surface area contributed by atoms with Gasteiger partial charge in [0.2, 0.25) is 5.78 Å². The van der Waals surface area contributed by atoms with Crippen molar-refractivity contribution in [1.82, 2.24) is 5.32 Å². The lowest BCUT2D eigenvalue weighted by Crippen LogP contribution is -2.64. The highest BCUT2D eigenvalue weighted by molar-refractivity contribution is 6.01. The molecule has 0 aromatic carbocycles. The molecule has 1 amide bonds. The average Bonchev–Trinajstić information content (AvgIpc) is 3.22. The molecule has 3 fully saturated rings. The summed E-state index contributed by atoms with van der Waals surface area (Å²) in [4.78, 5) is 65.2. The van der Waals surface area contributed by atoms with E-state index < -0.39 is 70.2 Å². The highest BCUT2D eigenvalue weighted by Gasteiger charge is 2.71. The molecule has 0 spiro atoms. The Morgan fingerprint density at radius 2 is 1.80 bits per heavy atom. The van der Waals surface area contributed by atoms with Gasteiger partial charge in [0.1, 0.15) is 11.6 Å². The number of esters is 2. The van der Waals surface area contributed by atoms with Gasteiger partial charge in [0.15, 0.2) is 11.4 Å². The van der Waals surface area contributed by atoms with E-state index in [2.05, 4.69) is 12.2 Å². The number of aliphatic hydroxyl groups excluding tert-OH is 2. The molecule has 4 aliphatic carbocycles. The zero-order valence-electron chi connectivity index (χ0n) is 28.5. The third kappa shape index (κ3) is 6.17. The van der Waals surface area contributed by atoms with E-state index >= 15 is 0 Å². The van der Waals surface area contributed by atoms with E-state index in [1.54, 1.807) is 53.7 Å². The number of carbonyl (C=O) groups excluding carboxylic acids is 5. The number of fused-ring (bicyclic) bond motifs is 5. The van der Waals surface area contributed by atoms with Crippen molar-refractivity contribution in [1.29, 1.82) is 0 Å². The first-order chi connectivity index (χ1) is 21.2. The van der Waals surface area contributed by atoms with E-state index in [9.17, 15) is 34.2 Å². The quantitative estimate of drug-likeness (QED) is 0.198. The number of rotatable bonds is 8. The van der Waals surface area contributed by atoms with Gasteiger partial charge in [-0.05, 0) is 82.3 Å². The topological polar surface area (TPSA) is 166 Å². The van der Waals surface area contributed by atoms with Gasteiger partial charge < -0.3 is 29.7 Å². The highest BCUT2D eigenvalue weighted by Crippen LogP contribution is 2.68. The molecule has 0 radical (unpaired) electrons. The molecule has 10 atom stereocenters. The first kappa shape index (κ1) is 35.8. The van der Waals surface area contributed by atoms with Crippen LogP contribution in [0.3, 0.4) is 0 Å². The Kier molecular flexibility index (Phi) is 9.75. The van der Waals surface area contributed by atoms with Gasteiger partial charge in [0, 0.05) is 23.2 Å². The summed E-state index contributed by atoms with van der Waals surface area (Å²) >= 11 is 0. The number of alkyl carbamates (subject to hydrolysis) is 1. The minimum atomic E-state index is -2.30. The molecule has 256 valence electrons. The fraction of sp³-hybridized carbons (Fsp3) is 0.743. The van der Waals surface area contributed by atoms with Gasteiger partial charge in [-0.25, -0.2) is 9.59 Å². The van der Waals surface area contributed by atoms with E-state index in [1.165, 1.54) is 0 Å². The van der Waals surface area contributed by atoms with Crippen LogP contribution in [0.4, 0.5) is 4.79 Å². The van der Waals surface area contributed by atoms with Crippen LogP contribution in [-0.4, -0.2) is 69.4 Å². The van der Waals surface area contributed by atoms with Gasteiger partial charge in [-0.1, -0.05) is 53.2 Å². The predicted octanol–water partition coefficient (Wildman–Crippen LogP) is 4.18. The molecule has 0 bridgehead atoms. The van der Waals surface area contributed by atoms with Crippen LogP contribution in [0, 0.1) is 40.4 Å². The lowest BCUT2D eigenvalue weighted by Gasteiger charge is -2.61. The molecule has 4 rings (SSSR count). The van der Waals surface area contributed by atoms with E-state index in [0.29, 0.717) is 12.8 Å². The summed E-state index contributed by atoms with van der Waals surface area (Å²) < 4.78 is 16.5. The molecule has 0 aromatic heterocycles. The zero-order valence-corrected chi connectivity index (χ0v) is 28.5. The van der Waals surface area contributed by atoms with Gasteiger partial charge >= 0.3 is 18.0 Å². The number of allylic oxidation sites excluding steroid dienone is 4. The summed E-state index contributed by atoms with van der Waals surface area (Å²) in [5.41, 5.74) is -3.37. The molecular weight excluding hydrogens is 594 g/mol. The molecule has 0 aromatic rings. The van der Waals surface area contributed by atoms with Crippen LogP contribution in [0.1, 0.15) is 94.4 Å². The summed E-state index contributed by atoms with van der Waals surface area (Å²) in [6.07, 6.45) is 2.34. The molecule has 0 aliphatic heterocycles. The smallest absolute Gasteiger partial charge is 0.408 e. The molecule has 11 nitrogen and oxygen atoms in total. The fourth-order valence-electron chi connectivity index (χ4n) is 9.00. The Morgan fingerprint density at radius 1 is 1.15 bits per heavy atom. The number of ether oxygens (including phenoxy) is 3. The van der Waals surface area contributed by atoms with E-state index in [4.69, 9.17) is 14.2 Å². The maximum atomic E-state index is 14.3. The maximum Gasteiger partial charge on any atom is 0.408 e. The van der Waals surface area contributed by atoms with Crippen LogP contribution in [0.2, 0.25) is 0 Å². The molecule has 4 aliphatic rings.